The molecule has 3 aromatic rings. The van der Waals surface area contributed by atoms with Crippen LogP contribution in [0.15, 0.2) is 30.6 Å². The smallest absolute Gasteiger partial charge is 0.255 e. The van der Waals surface area contributed by atoms with Gasteiger partial charge in [0.05, 0.1) is 17.8 Å². The molecule has 0 saturated heterocycles. The molecule has 23 heavy (non-hydrogen) atoms. The summed E-state index contributed by atoms with van der Waals surface area (Å²) in [5, 5.41) is 15.6. The average molecular weight is 312 g/mol. The summed E-state index contributed by atoms with van der Waals surface area (Å²) in [5.74, 6) is 0.610. The summed E-state index contributed by atoms with van der Waals surface area (Å²) < 4.78 is 3.60. The Bertz CT molecular complexity index is 834. The molecule has 0 fully saturated rings. The summed E-state index contributed by atoms with van der Waals surface area (Å²) in [4.78, 5) is 12.6. The van der Waals surface area contributed by atoms with Gasteiger partial charge in [-0.15, -0.1) is 10.2 Å². The van der Waals surface area contributed by atoms with Crippen LogP contribution in [0.4, 0.5) is 0 Å². The first-order valence-electron chi connectivity index (χ1n) is 7.71. The maximum Gasteiger partial charge on any atom is 0.255 e. The van der Waals surface area contributed by atoms with Crippen molar-refractivity contribution in [1.82, 2.24) is 29.7 Å². The Balaban J connectivity index is 1.90. The molecule has 0 spiro atoms. The number of aryl methyl sites for hydroxylation is 1. The lowest BCUT2D eigenvalue weighted by Crippen LogP contribution is -2.30. The van der Waals surface area contributed by atoms with Crippen molar-refractivity contribution in [3.8, 4) is 0 Å². The zero-order valence-electron chi connectivity index (χ0n) is 13.5. The Morgan fingerprint density at radius 2 is 2.17 bits per heavy atom. The topological polar surface area (TPSA) is 77.1 Å². The third-order valence-electron chi connectivity index (χ3n) is 4.01. The highest BCUT2D eigenvalue weighted by atomic mass is 16.1. The van der Waals surface area contributed by atoms with Gasteiger partial charge in [-0.1, -0.05) is 19.4 Å². The number of pyridine rings is 1. The van der Waals surface area contributed by atoms with Crippen LogP contribution in [-0.2, 0) is 7.05 Å². The highest BCUT2D eigenvalue weighted by molar-refractivity contribution is 5.95. The van der Waals surface area contributed by atoms with Gasteiger partial charge in [0.1, 0.15) is 0 Å². The first-order valence-corrected chi connectivity index (χ1v) is 7.71. The molecular weight excluding hydrogens is 292 g/mol. The van der Waals surface area contributed by atoms with Crippen molar-refractivity contribution in [2.75, 3.05) is 0 Å². The molecule has 1 N–H and O–H groups in total. The van der Waals surface area contributed by atoms with E-state index in [0.717, 1.165) is 30.0 Å². The van der Waals surface area contributed by atoms with Crippen molar-refractivity contribution in [2.45, 2.75) is 32.7 Å². The molecule has 3 aromatic heterocycles. The van der Waals surface area contributed by atoms with Crippen LogP contribution in [0.5, 0.6) is 0 Å². The minimum absolute atomic E-state index is 0.137. The first kappa shape index (κ1) is 15.2. The van der Waals surface area contributed by atoms with Crippen LogP contribution in [0.2, 0.25) is 0 Å². The molecule has 3 heterocycles. The molecule has 3 rings (SSSR count). The zero-order chi connectivity index (χ0) is 16.4. The highest BCUT2D eigenvalue weighted by Crippen LogP contribution is 2.19. The van der Waals surface area contributed by atoms with Gasteiger partial charge in [-0.25, -0.2) is 0 Å². The predicted octanol–water partition coefficient (Wildman–Crippen LogP) is 2.04. The molecule has 0 saturated carbocycles. The number of aromatic nitrogens is 5. The van der Waals surface area contributed by atoms with E-state index >= 15 is 0 Å². The SMILES string of the molecule is CCCC(NC(=O)c1cnn(C)c1C)c1nnc2ccccn12. The first-order chi connectivity index (χ1) is 11.1. The van der Waals surface area contributed by atoms with Crippen LogP contribution in [0.25, 0.3) is 5.65 Å². The van der Waals surface area contributed by atoms with Crippen LogP contribution < -0.4 is 5.32 Å². The largest absolute Gasteiger partial charge is 0.342 e. The molecule has 1 amide bonds. The van der Waals surface area contributed by atoms with Crippen LogP contribution >= 0.6 is 0 Å². The minimum atomic E-state index is -0.190. The molecule has 0 aliphatic heterocycles. The van der Waals surface area contributed by atoms with Gasteiger partial charge < -0.3 is 5.32 Å². The third-order valence-corrected chi connectivity index (χ3v) is 4.01. The molecule has 120 valence electrons. The lowest BCUT2D eigenvalue weighted by molar-refractivity contribution is 0.0931. The summed E-state index contributed by atoms with van der Waals surface area (Å²) >= 11 is 0. The van der Waals surface area contributed by atoms with E-state index in [4.69, 9.17) is 0 Å². The summed E-state index contributed by atoms with van der Waals surface area (Å²) in [6.45, 7) is 3.96. The number of hydrogen-bond donors (Lipinski definition) is 1. The normalized spacial score (nSPS) is 12.5. The van der Waals surface area contributed by atoms with Gasteiger partial charge in [0.15, 0.2) is 11.5 Å². The molecule has 0 aliphatic rings. The van der Waals surface area contributed by atoms with Crippen LogP contribution in [0.3, 0.4) is 0 Å². The van der Waals surface area contributed by atoms with E-state index in [9.17, 15) is 4.79 Å². The van der Waals surface area contributed by atoms with Crippen molar-refractivity contribution in [3.63, 3.8) is 0 Å². The quantitative estimate of drug-likeness (QED) is 0.782. The van der Waals surface area contributed by atoms with E-state index in [1.54, 1.807) is 10.9 Å². The van der Waals surface area contributed by atoms with Gasteiger partial charge in [-0.05, 0) is 25.5 Å². The van der Waals surface area contributed by atoms with Gasteiger partial charge in [0.2, 0.25) is 0 Å². The minimum Gasteiger partial charge on any atom is -0.342 e. The Morgan fingerprint density at radius 1 is 1.35 bits per heavy atom. The van der Waals surface area contributed by atoms with E-state index in [0.29, 0.717) is 5.56 Å². The van der Waals surface area contributed by atoms with Crippen molar-refractivity contribution in [3.05, 3.63) is 47.7 Å². The van der Waals surface area contributed by atoms with Gasteiger partial charge >= 0.3 is 0 Å². The van der Waals surface area contributed by atoms with Crippen LogP contribution in [0, 0.1) is 6.92 Å². The van der Waals surface area contributed by atoms with Gasteiger partial charge in [0, 0.05) is 18.9 Å². The summed E-state index contributed by atoms with van der Waals surface area (Å²) in [5.41, 5.74) is 2.20. The van der Waals surface area contributed by atoms with E-state index in [1.807, 2.05) is 42.8 Å². The van der Waals surface area contributed by atoms with Crippen molar-refractivity contribution < 1.29 is 4.79 Å². The van der Waals surface area contributed by atoms with Gasteiger partial charge in [-0.3, -0.25) is 13.9 Å². The van der Waals surface area contributed by atoms with Crippen molar-refractivity contribution in [1.29, 1.82) is 0 Å². The maximum absolute atomic E-state index is 12.6. The Hall–Kier alpha value is -2.70. The second-order valence-corrected chi connectivity index (χ2v) is 5.57. The van der Waals surface area contributed by atoms with Crippen LogP contribution in [0.1, 0.15) is 47.7 Å². The number of nitrogens with zero attached hydrogens (tertiary/aromatic N) is 5. The Kier molecular flexibility index (Phi) is 4.10. The molecular formula is C16H20N6O. The number of amides is 1. The average Bonchev–Trinajstić information content (AvgIpc) is 3.11. The second kappa shape index (κ2) is 6.20. The molecule has 0 radical (unpaired) electrons. The van der Waals surface area contributed by atoms with E-state index in [1.165, 1.54) is 0 Å². The third kappa shape index (κ3) is 2.81. The molecule has 0 aliphatic carbocycles. The number of rotatable bonds is 5. The lowest BCUT2D eigenvalue weighted by atomic mass is 10.1. The van der Waals surface area contributed by atoms with Crippen LogP contribution in [-0.4, -0.2) is 30.3 Å². The molecule has 1 atom stereocenters. The fourth-order valence-corrected chi connectivity index (χ4v) is 2.61. The number of nitrogens with one attached hydrogen (secondary N) is 1. The lowest BCUT2D eigenvalue weighted by Gasteiger charge is -2.16. The fraction of sp³-hybridized carbons (Fsp3) is 0.375. The zero-order valence-corrected chi connectivity index (χ0v) is 13.5. The maximum atomic E-state index is 12.6. The fourth-order valence-electron chi connectivity index (χ4n) is 2.61. The van der Waals surface area contributed by atoms with Gasteiger partial charge in [-0.2, -0.15) is 5.10 Å². The number of fused-ring (bicyclic) bond motifs is 1. The van der Waals surface area contributed by atoms with E-state index in [2.05, 4.69) is 27.5 Å². The van der Waals surface area contributed by atoms with E-state index in [-0.39, 0.29) is 11.9 Å². The number of carbonyl (C=O) groups is 1. The predicted molar refractivity (Wildman–Crippen MR) is 86.0 cm³/mol. The number of hydrogen-bond acceptors (Lipinski definition) is 4. The van der Waals surface area contributed by atoms with Crippen molar-refractivity contribution >= 4 is 11.6 Å². The number of carbonyl (C=O) groups excluding carboxylic acids is 1. The van der Waals surface area contributed by atoms with Crippen molar-refractivity contribution in [2.24, 2.45) is 7.05 Å². The van der Waals surface area contributed by atoms with Gasteiger partial charge in [0.25, 0.3) is 5.91 Å². The molecule has 7 nitrogen and oxygen atoms in total. The Morgan fingerprint density at radius 3 is 2.87 bits per heavy atom. The summed E-state index contributed by atoms with van der Waals surface area (Å²) in [6, 6.07) is 5.55. The van der Waals surface area contributed by atoms with E-state index < -0.39 is 0 Å². The molecule has 0 bridgehead atoms. The molecule has 7 heteroatoms. The second-order valence-electron chi connectivity index (χ2n) is 5.57. The monoisotopic (exact) mass is 312 g/mol. The summed E-state index contributed by atoms with van der Waals surface area (Å²) in [6.07, 6.45) is 5.23. The Labute approximate surface area is 134 Å². The standard InChI is InChI=1S/C16H20N6O/c1-4-7-13(15-20-19-14-8-5-6-9-22(14)15)18-16(23)12-10-17-21(3)11(12)2/h5-6,8-10,13H,4,7H2,1-3H3,(H,18,23). The molecule has 0 aromatic carbocycles. The highest BCUT2D eigenvalue weighted by Gasteiger charge is 2.22. The summed E-state index contributed by atoms with van der Waals surface area (Å²) in [7, 11) is 1.82. The molecule has 1 unspecified atom stereocenters.